The highest BCUT2D eigenvalue weighted by molar-refractivity contribution is 6.01. The third kappa shape index (κ3) is 3.29. The van der Waals surface area contributed by atoms with Crippen molar-refractivity contribution in [2.75, 3.05) is 43.0 Å². The van der Waals surface area contributed by atoms with E-state index in [0.29, 0.717) is 24.2 Å². The van der Waals surface area contributed by atoms with E-state index in [-0.39, 0.29) is 17.6 Å². The van der Waals surface area contributed by atoms with Crippen molar-refractivity contribution in [1.29, 1.82) is 0 Å². The molecule has 2 aliphatic rings. The number of hydrogen-bond donors (Lipinski definition) is 2. The molecule has 2 aliphatic heterocycles. The van der Waals surface area contributed by atoms with Crippen LogP contribution in [0.4, 0.5) is 15.8 Å². The summed E-state index contributed by atoms with van der Waals surface area (Å²) >= 11 is 0. The van der Waals surface area contributed by atoms with Crippen molar-refractivity contribution in [3.63, 3.8) is 0 Å². The molecule has 23 heavy (non-hydrogen) atoms. The molecule has 0 bridgehead atoms. The Bertz CT molecular complexity index is 616. The zero-order valence-electron chi connectivity index (χ0n) is 13.1. The quantitative estimate of drug-likeness (QED) is 0.793. The summed E-state index contributed by atoms with van der Waals surface area (Å²) in [5.41, 5.74) is 1.22. The van der Waals surface area contributed by atoms with Gasteiger partial charge in [-0.3, -0.25) is 14.9 Å². The highest BCUT2D eigenvalue weighted by Gasteiger charge is 2.30. The number of imide groups is 1. The Morgan fingerprint density at radius 2 is 2.00 bits per heavy atom. The van der Waals surface area contributed by atoms with Crippen LogP contribution in [-0.2, 0) is 9.59 Å². The van der Waals surface area contributed by atoms with Crippen LogP contribution in [0.1, 0.15) is 12.8 Å². The second-order valence-electron chi connectivity index (χ2n) is 5.95. The minimum Gasteiger partial charge on any atom is -0.367 e. The molecule has 0 aromatic heterocycles. The summed E-state index contributed by atoms with van der Waals surface area (Å²) in [6.45, 7) is 3.24. The molecule has 2 saturated heterocycles. The number of benzene rings is 1. The van der Waals surface area contributed by atoms with Gasteiger partial charge in [0.2, 0.25) is 11.8 Å². The number of amides is 2. The van der Waals surface area contributed by atoms with Gasteiger partial charge in [-0.2, -0.15) is 0 Å². The fourth-order valence-electron chi connectivity index (χ4n) is 3.11. The van der Waals surface area contributed by atoms with Crippen LogP contribution in [0.2, 0.25) is 0 Å². The van der Waals surface area contributed by atoms with Crippen molar-refractivity contribution in [2.24, 2.45) is 0 Å². The number of nitrogens with one attached hydrogen (secondary N) is 2. The Morgan fingerprint density at radius 3 is 2.65 bits per heavy atom. The molecule has 1 aromatic rings. The molecule has 0 saturated carbocycles. The van der Waals surface area contributed by atoms with Crippen LogP contribution < -0.4 is 20.4 Å². The first kappa shape index (κ1) is 15.7. The van der Waals surface area contributed by atoms with Gasteiger partial charge in [-0.15, -0.1) is 0 Å². The maximum atomic E-state index is 14.5. The summed E-state index contributed by atoms with van der Waals surface area (Å²) < 4.78 is 14.5. The molecule has 0 aliphatic carbocycles. The number of carbonyl (C=O) groups excluding carboxylic acids is 2. The summed E-state index contributed by atoms with van der Waals surface area (Å²) in [7, 11) is 1.75. The highest BCUT2D eigenvalue weighted by Crippen LogP contribution is 2.27. The molecule has 1 atom stereocenters. The van der Waals surface area contributed by atoms with Crippen molar-refractivity contribution in [3.05, 3.63) is 24.0 Å². The molecule has 0 radical (unpaired) electrons. The Morgan fingerprint density at radius 1 is 1.26 bits per heavy atom. The van der Waals surface area contributed by atoms with Crippen LogP contribution in [0, 0.1) is 5.82 Å². The lowest BCUT2D eigenvalue weighted by molar-refractivity contribution is -0.134. The Balaban J connectivity index is 1.76. The van der Waals surface area contributed by atoms with Crippen LogP contribution in [0.3, 0.4) is 0 Å². The molecular formula is C16H21FN4O2. The SMILES string of the molecule is CN(c1ccc(N2CCNCC2)c(F)c1)C1CCC(=O)NC1=O. The van der Waals surface area contributed by atoms with E-state index >= 15 is 0 Å². The standard InChI is InChI=1S/C16H21FN4O2/c1-20(14-4-5-15(22)19-16(14)23)11-2-3-13(12(17)10-11)21-8-6-18-7-9-21/h2-3,10,14,18H,4-9H2,1H3,(H,19,22,23). The van der Waals surface area contributed by atoms with Gasteiger partial charge in [0.25, 0.3) is 0 Å². The molecule has 0 spiro atoms. The maximum Gasteiger partial charge on any atom is 0.249 e. The molecule has 1 unspecified atom stereocenters. The first-order valence-corrected chi connectivity index (χ1v) is 7.88. The van der Waals surface area contributed by atoms with E-state index < -0.39 is 6.04 Å². The lowest BCUT2D eigenvalue weighted by Gasteiger charge is -2.33. The van der Waals surface area contributed by atoms with Crippen LogP contribution in [0.25, 0.3) is 0 Å². The molecule has 1 aromatic carbocycles. The first-order chi connectivity index (χ1) is 11.1. The largest absolute Gasteiger partial charge is 0.367 e. The minimum absolute atomic E-state index is 0.250. The average molecular weight is 320 g/mol. The van der Waals surface area contributed by atoms with E-state index in [2.05, 4.69) is 10.6 Å². The number of nitrogens with zero attached hydrogens (tertiary/aromatic N) is 2. The molecule has 2 fully saturated rings. The van der Waals surface area contributed by atoms with Crippen LogP contribution in [0.5, 0.6) is 0 Å². The second kappa shape index (κ2) is 6.54. The lowest BCUT2D eigenvalue weighted by atomic mass is 10.0. The minimum atomic E-state index is -0.447. The van der Waals surface area contributed by atoms with Gasteiger partial charge in [0.05, 0.1) is 5.69 Å². The fraction of sp³-hybridized carbons (Fsp3) is 0.500. The van der Waals surface area contributed by atoms with E-state index in [1.165, 1.54) is 6.07 Å². The van der Waals surface area contributed by atoms with Crippen molar-refractivity contribution in [2.45, 2.75) is 18.9 Å². The summed E-state index contributed by atoms with van der Waals surface area (Å²) in [6.07, 6.45) is 0.754. The van der Waals surface area contributed by atoms with Gasteiger partial charge in [-0.25, -0.2) is 4.39 Å². The second-order valence-corrected chi connectivity index (χ2v) is 5.95. The maximum absolute atomic E-state index is 14.5. The molecule has 3 rings (SSSR count). The van der Waals surface area contributed by atoms with Crippen molar-refractivity contribution >= 4 is 23.2 Å². The van der Waals surface area contributed by atoms with Crippen LogP contribution in [0.15, 0.2) is 18.2 Å². The molecule has 2 N–H and O–H groups in total. The third-order valence-corrected chi connectivity index (χ3v) is 4.47. The van der Waals surface area contributed by atoms with E-state index in [9.17, 15) is 14.0 Å². The van der Waals surface area contributed by atoms with Gasteiger partial charge in [-0.1, -0.05) is 0 Å². The van der Waals surface area contributed by atoms with E-state index in [1.54, 1.807) is 18.0 Å². The number of likely N-dealkylation sites (N-methyl/N-ethyl adjacent to an activating group) is 1. The molecular weight excluding hydrogens is 299 g/mol. The average Bonchev–Trinajstić information content (AvgIpc) is 2.55. The van der Waals surface area contributed by atoms with Crippen molar-refractivity contribution in [1.82, 2.24) is 10.6 Å². The van der Waals surface area contributed by atoms with Gasteiger partial charge in [0, 0.05) is 45.3 Å². The predicted octanol–water partition coefficient (Wildman–Crippen LogP) is 0.477. The van der Waals surface area contributed by atoms with Crippen molar-refractivity contribution in [3.8, 4) is 0 Å². The summed E-state index contributed by atoms with van der Waals surface area (Å²) in [5, 5.41) is 5.57. The summed E-state index contributed by atoms with van der Waals surface area (Å²) in [5.74, 6) is -0.862. The van der Waals surface area contributed by atoms with Gasteiger partial charge in [0.15, 0.2) is 0 Å². The molecule has 2 heterocycles. The van der Waals surface area contributed by atoms with Gasteiger partial charge in [0.1, 0.15) is 11.9 Å². The number of carbonyl (C=O) groups is 2. The summed E-state index contributed by atoms with van der Waals surface area (Å²) in [4.78, 5) is 26.9. The number of piperazine rings is 1. The number of piperidine rings is 1. The van der Waals surface area contributed by atoms with E-state index in [1.807, 2.05) is 11.0 Å². The molecule has 124 valence electrons. The van der Waals surface area contributed by atoms with Crippen molar-refractivity contribution < 1.29 is 14.0 Å². The zero-order valence-corrected chi connectivity index (χ0v) is 13.1. The Hall–Kier alpha value is -2.15. The van der Waals surface area contributed by atoms with Gasteiger partial charge in [-0.05, 0) is 24.6 Å². The third-order valence-electron chi connectivity index (χ3n) is 4.47. The molecule has 6 nitrogen and oxygen atoms in total. The predicted molar refractivity (Wildman–Crippen MR) is 86.1 cm³/mol. The number of hydrogen-bond acceptors (Lipinski definition) is 5. The van der Waals surface area contributed by atoms with Gasteiger partial charge < -0.3 is 15.1 Å². The van der Waals surface area contributed by atoms with Crippen LogP contribution >= 0.6 is 0 Å². The van der Waals surface area contributed by atoms with Crippen LogP contribution in [-0.4, -0.2) is 51.1 Å². The zero-order chi connectivity index (χ0) is 16.4. The first-order valence-electron chi connectivity index (χ1n) is 7.88. The molecule has 7 heteroatoms. The van der Waals surface area contributed by atoms with E-state index in [4.69, 9.17) is 0 Å². The number of halogens is 1. The van der Waals surface area contributed by atoms with Gasteiger partial charge >= 0.3 is 0 Å². The Kier molecular flexibility index (Phi) is 4.47. The monoisotopic (exact) mass is 320 g/mol. The highest BCUT2D eigenvalue weighted by atomic mass is 19.1. The van der Waals surface area contributed by atoms with E-state index in [0.717, 1.165) is 26.2 Å². The Labute approximate surface area is 134 Å². The summed E-state index contributed by atoms with van der Waals surface area (Å²) in [6, 6.07) is 4.60. The number of rotatable bonds is 3. The lowest BCUT2D eigenvalue weighted by Crippen LogP contribution is -2.51. The molecule has 2 amide bonds. The normalized spacial score (nSPS) is 22.0. The fourth-order valence-corrected chi connectivity index (χ4v) is 3.11. The smallest absolute Gasteiger partial charge is 0.249 e. The number of anilines is 2. The topological polar surface area (TPSA) is 64.7 Å².